The molecule has 1 atom stereocenters. The predicted molar refractivity (Wildman–Crippen MR) is 78.5 cm³/mol. The van der Waals surface area contributed by atoms with Crippen molar-refractivity contribution in [3.05, 3.63) is 29.6 Å². The summed E-state index contributed by atoms with van der Waals surface area (Å²) in [6.07, 6.45) is 0. The van der Waals surface area contributed by atoms with E-state index < -0.39 is 5.82 Å². The van der Waals surface area contributed by atoms with E-state index in [0.717, 1.165) is 0 Å². The number of ether oxygens (including phenoxy) is 1. The summed E-state index contributed by atoms with van der Waals surface area (Å²) in [7, 11) is 1.59. The summed E-state index contributed by atoms with van der Waals surface area (Å²) < 4.78 is 18.9. The molecule has 0 aromatic heterocycles. The number of hydrogen-bond donors (Lipinski definition) is 2. The van der Waals surface area contributed by atoms with Crippen molar-refractivity contribution >= 4 is 11.6 Å². The first-order chi connectivity index (χ1) is 9.51. The summed E-state index contributed by atoms with van der Waals surface area (Å²) in [5.74, 6) is -0.487. The van der Waals surface area contributed by atoms with Crippen LogP contribution in [0.15, 0.2) is 18.2 Å². The van der Waals surface area contributed by atoms with Gasteiger partial charge in [0.15, 0.2) is 0 Å². The zero-order chi connectivity index (χ0) is 15.1. The molecular formula is C15H23FN2O2. The van der Waals surface area contributed by atoms with Crippen molar-refractivity contribution in [3.8, 4) is 0 Å². The van der Waals surface area contributed by atoms with Crippen molar-refractivity contribution in [2.45, 2.75) is 26.8 Å². The maximum Gasteiger partial charge on any atom is 0.253 e. The highest BCUT2D eigenvalue weighted by Crippen LogP contribution is 2.20. The molecule has 112 valence electrons. The molecule has 5 heteroatoms. The second kappa shape index (κ2) is 7.85. The molecule has 0 saturated heterocycles. The number of hydrogen-bond acceptors (Lipinski definition) is 3. The Hall–Kier alpha value is -1.62. The molecule has 1 aromatic rings. The van der Waals surface area contributed by atoms with Gasteiger partial charge in [0.1, 0.15) is 5.82 Å². The molecule has 0 radical (unpaired) electrons. The molecule has 0 aliphatic rings. The molecule has 0 spiro atoms. The minimum Gasteiger partial charge on any atom is -0.383 e. The van der Waals surface area contributed by atoms with Gasteiger partial charge in [-0.25, -0.2) is 4.39 Å². The molecule has 1 amide bonds. The van der Waals surface area contributed by atoms with Crippen LogP contribution < -0.4 is 10.6 Å². The molecule has 0 fully saturated rings. The molecule has 1 aromatic carbocycles. The average Bonchev–Trinajstić information content (AvgIpc) is 2.40. The van der Waals surface area contributed by atoms with Crippen molar-refractivity contribution in [2.75, 3.05) is 25.6 Å². The number of para-hydroxylation sites is 1. The summed E-state index contributed by atoms with van der Waals surface area (Å²) in [5.41, 5.74) is 0.557. The summed E-state index contributed by atoms with van der Waals surface area (Å²) in [6.45, 7) is 6.83. The number of nitrogens with one attached hydrogen (secondary N) is 2. The Labute approximate surface area is 119 Å². The van der Waals surface area contributed by atoms with Gasteiger partial charge in [0, 0.05) is 13.7 Å². The number of anilines is 1. The van der Waals surface area contributed by atoms with Gasteiger partial charge in [-0.15, -0.1) is 0 Å². The summed E-state index contributed by atoms with van der Waals surface area (Å²) in [6, 6.07) is 4.38. The van der Waals surface area contributed by atoms with Crippen molar-refractivity contribution < 1.29 is 13.9 Å². The molecule has 2 N–H and O–H groups in total. The molecular weight excluding hydrogens is 259 g/mol. The lowest BCUT2D eigenvalue weighted by atomic mass is 10.0. The number of halogens is 1. The summed E-state index contributed by atoms with van der Waals surface area (Å²) in [4.78, 5) is 12.3. The normalized spacial score (nSPS) is 12.3. The number of methoxy groups -OCH3 is 1. The Morgan fingerprint density at radius 2 is 2.10 bits per heavy atom. The van der Waals surface area contributed by atoms with E-state index in [2.05, 4.69) is 10.6 Å². The van der Waals surface area contributed by atoms with Crippen molar-refractivity contribution in [1.82, 2.24) is 5.32 Å². The average molecular weight is 282 g/mol. The van der Waals surface area contributed by atoms with Gasteiger partial charge < -0.3 is 15.4 Å². The van der Waals surface area contributed by atoms with E-state index >= 15 is 0 Å². The van der Waals surface area contributed by atoms with E-state index in [1.807, 2.05) is 20.8 Å². The number of carbonyl (C=O) groups is 1. The maximum atomic E-state index is 13.8. The van der Waals surface area contributed by atoms with Gasteiger partial charge in [-0.05, 0) is 25.0 Å². The van der Waals surface area contributed by atoms with Crippen molar-refractivity contribution in [2.24, 2.45) is 5.92 Å². The van der Waals surface area contributed by atoms with Crippen LogP contribution in [0.2, 0.25) is 0 Å². The third-order valence-electron chi connectivity index (χ3n) is 3.08. The molecule has 0 aliphatic heterocycles. The fourth-order valence-corrected chi connectivity index (χ4v) is 1.90. The Bertz CT molecular complexity index is 449. The van der Waals surface area contributed by atoms with Crippen LogP contribution in [0.4, 0.5) is 10.1 Å². The number of rotatable bonds is 7. The SMILES string of the molecule is CCNc1c(F)cccc1C(=O)NC(COC)C(C)C. The van der Waals surface area contributed by atoms with Crippen LogP contribution in [0, 0.1) is 11.7 Å². The van der Waals surface area contributed by atoms with Crippen LogP contribution in [-0.2, 0) is 4.74 Å². The summed E-state index contributed by atoms with van der Waals surface area (Å²) in [5, 5.41) is 5.78. The number of amides is 1. The smallest absolute Gasteiger partial charge is 0.253 e. The molecule has 0 heterocycles. The van der Waals surface area contributed by atoms with Crippen LogP contribution in [0.3, 0.4) is 0 Å². The lowest BCUT2D eigenvalue weighted by molar-refractivity contribution is 0.0867. The minimum atomic E-state index is -0.424. The Morgan fingerprint density at radius 3 is 2.65 bits per heavy atom. The van der Waals surface area contributed by atoms with E-state index in [1.54, 1.807) is 13.2 Å². The number of carbonyl (C=O) groups excluding carboxylic acids is 1. The fourth-order valence-electron chi connectivity index (χ4n) is 1.90. The van der Waals surface area contributed by atoms with E-state index in [0.29, 0.717) is 18.7 Å². The van der Waals surface area contributed by atoms with Crippen LogP contribution in [-0.4, -0.2) is 32.2 Å². The standard InChI is InChI=1S/C15H23FN2O2/c1-5-17-14-11(7-6-8-12(14)16)15(19)18-13(9-20-4)10(2)3/h6-8,10,13,17H,5,9H2,1-4H3,(H,18,19). The van der Waals surface area contributed by atoms with Crippen LogP contribution in [0.1, 0.15) is 31.1 Å². The van der Waals surface area contributed by atoms with Crippen molar-refractivity contribution in [1.29, 1.82) is 0 Å². The molecule has 1 rings (SSSR count). The van der Waals surface area contributed by atoms with Gasteiger partial charge in [-0.1, -0.05) is 19.9 Å². The molecule has 20 heavy (non-hydrogen) atoms. The largest absolute Gasteiger partial charge is 0.383 e. The van der Waals surface area contributed by atoms with Gasteiger partial charge in [0.2, 0.25) is 0 Å². The first-order valence-corrected chi connectivity index (χ1v) is 6.83. The highest BCUT2D eigenvalue weighted by molar-refractivity contribution is 5.99. The van der Waals surface area contributed by atoms with Crippen LogP contribution in [0.5, 0.6) is 0 Å². The van der Waals surface area contributed by atoms with Crippen molar-refractivity contribution in [3.63, 3.8) is 0 Å². The molecule has 0 aliphatic carbocycles. The Morgan fingerprint density at radius 1 is 1.40 bits per heavy atom. The second-order valence-corrected chi connectivity index (χ2v) is 4.97. The highest BCUT2D eigenvalue weighted by atomic mass is 19.1. The predicted octanol–water partition coefficient (Wildman–Crippen LogP) is 2.66. The number of benzene rings is 1. The van der Waals surface area contributed by atoms with Gasteiger partial charge in [0.25, 0.3) is 5.91 Å². The zero-order valence-corrected chi connectivity index (χ0v) is 12.5. The first-order valence-electron chi connectivity index (χ1n) is 6.83. The lowest BCUT2D eigenvalue weighted by Crippen LogP contribution is -2.41. The third-order valence-corrected chi connectivity index (χ3v) is 3.08. The van der Waals surface area contributed by atoms with Gasteiger partial charge in [-0.2, -0.15) is 0 Å². The first kappa shape index (κ1) is 16.4. The minimum absolute atomic E-state index is 0.106. The van der Waals surface area contributed by atoms with E-state index in [1.165, 1.54) is 12.1 Å². The highest BCUT2D eigenvalue weighted by Gasteiger charge is 2.20. The second-order valence-electron chi connectivity index (χ2n) is 4.97. The van der Waals surface area contributed by atoms with Crippen LogP contribution >= 0.6 is 0 Å². The van der Waals surface area contributed by atoms with E-state index in [4.69, 9.17) is 4.74 Å². The maximum absolute atomic E-state index is 13.8. The van der Waals surface area contributed by atoms with Gasteiger partial charge in [0.05, 0.1) is 23.9 Å². The van der Waals surface area contributed by atoms with E-state index in [-0.39, 0.29) is 23.6 Å². The molecule has 0 bridgehead atoms. The van der Waals surface area contributed by atoms with Crippen LogP contribution in [0.25, 0.3) is 0 Å². The lowest BCUT2D eigenvalue weighted by Gasteiger charge is -2.22. The molecule has 0 saturated carbocycles. The molecule has 1 unspecified atom stereocenters. The Balaban J connectivity index is 2.94. The third kappa shape index (κ3) is 4.20. The van der Waals surface area contributed by atoms with Gasteiger partial charge in [-0.3, -0.25) is 4.79 Å². The van der Waals surface area contributed by atoms with E-state index in [9.17, 15) is 9.18 Å². The quantitative estimate of drug-likeness (QED) is 0.808. The van der Waals surface area contributed by atoms with Gasteiger partial charge >= 0.3 is 0 Å². The zero-order valence-electron chi connectivity index (χ0n) is 12.5. The Kier molecular flexibility index (Phi) is 6.45. The topological polar surface area (TPSA) is 50.4 Å². The summed E-state index contributed by atoms with van der Waals surface area (Å²) >= 11 is 0. The molecule has 4 nitrogen and oxygen atoms in total. The fraction of sp³-hybridized carbons (Fsp3) is 0.533. The monoisotopic (exact) mass is 282 g/mol.